The van der Waals surface area contributed by atoms with Crippen LogP contribution in [0.25, 0.3) is 24.3 Å². The second kappa shape index (κ2) is 14.6. The second-order valence-electron chi connectivity index (χ2n) is 6.36. The Bertz CT molecular complexity index is 945. The summed E-state index contributed by atoms with van der Waals surface area (Å²) in [5.74, 6) is -0.320. The molecule has 0 unspecified atom stereocenters. The molecule has 0 amide bonds. The number of carbonyl (C=O) groups excluding carboxylic acids is 1. The lowest BCUT2D eigenvalue weighted by atomic mass is 10.1. The van der Waals surface area contributed by atoms with Crippen LogP contribution in [0.2, 0.25) is 0 Å². The fraction of sp³-hybridized carbons (Fsp3) is 0.207. The molecule has 0 spiro atoms. The first kappa shape index (κ1) is 25.6. The van der Waals surface area contributed by atoms with E-state index in [9.17, 15) is 4.79 Å². The number of benzene rings is 3. The average molecular weight is 415 g/mol. The monoisotopic (exact) mass is 414 g/mol. The van der Waals surface area contributed by atoms with Gasteiger partial charge in [-0.15, -0.1) is 0 Å². The Balaban J connectivity index is 0.00000113. The number of carbonyl (C=O) groups is 1. The molecule has 0 bridgehead atoms. The van der Waals surface area contributed by atoms with Gasteiger partial charge in [-0.05, 0) is 41.3 Å². The Morgan fingerprint density at radius 1 is 0.581 bits per heavy atom. The van der Waals surface area contributed by atoms with Crippen LogP contribution in [0.4, 0.5) is 0 Å². The van der Waals surface area contributed by atoms with Crippen molar-refractivity contribution in [3.8, 4) is 0 Å². The number of methoxy groups -OCH3 is 1. The minimum Gasteiger partial charge on any atom is -0.465 e. The Kier molecular flexibility index (Phi) is 12.1. The molecule has 0 aromatic heterocycles. The van der Waals surface area contributed by atoms with E-state index in [1.807, 2.05) is 45.9 Å². The van der Waals surface area contributed by atoms with Gasteiger partial charge >= 0.3 is 5.97 Å². The molecular formula is C29H34O2. The summed E-state index contributed by atoms with van der Waals surface area (Å²) >= 11 is 0. The third kappa shape index (κ3) is 8.88. The normalized spacial score (nSPS) is 10.1. The van der Waals surface area contributed by atoms with Crippen molar-refractivity contribution in [2.45, 2.75) is 34.6 Å². The number of esters is 1. The lowest BCUT2D eigenvalue weighted by Gasteiger charge is -2.00. The number of hydrogen-bond donors (Lipinski definition) is 0. The molecule has 0 radical (unpaired) electrons. The van der Waals surface area contributed by atoms with Crippen molar-refractivity contribution in [2.24, 2.45) is 0 Å². The molecule has 0 fully saturated rings. The molecular weight excluding hydrogens is 380 g/mol. The Labute approximate surface area is 187 Å². The molecule has 0 aliphatic heterocycles. The van der Waals surface area contributed by atoms with Crippen LogP contribution < -0.4 is 0 Å². The fourth-order valence-corrected chi connectivity index (χ4v) is 2.63. The van der Waals surface area contributed by atoms with Gasteiger partial charge in [0, 0.05) is 0 Å². The van der Waals surface area contributed by atoms with E-state index in [1.165, 1.54) is 18.2 Å². The van der Waals surface area contributed by atoms with Gasteiger partial charge in [0.25, 0.3) is 0 Å². The summed E-state index contributed by atoms with van der Waals surface area (Å²) in [5.41, 5.74) is 6.34. The van der Waals surface area contributed by atoms with Crippen molar-refractivity contribution in [3.63, 3.8) is 0 Å². The fourth-order valence-electron chi connectivity index (χ4n) is 2.63. The van der Waals surface area contributed by atoms with Gasteiger partial charge in [0.05, 0.1) is 12.7 Å². The average Bonchev–Trinajstić information content (AvgIpc) is 2.85. The summed E-state index contributed by atoms with van der Waals surface area (Å²) in [6.07, 6.45) is 8.32. The van der Waals surface area contributed by atoms with Crippen LogP contribution in [0.15, 0.2) is 72.8 Å². The molecule has 162 valence electrons. The highest BCUT2D eigenvalue weighted by atomic mass is 16.5. The van der Waals surface area contributed by atoms with Crippen LogP contribution in [0, 0.1) is 6.92 Å². The van der Waals surface area contributed by atoms with Crippen LogP contribution in [-0.4, -0.2) is 13.1 Å². The maximum Gasteiger partial charge on any atom is 0.337 e. The first-order valence-corrected chi connectivity index (χ1v) is 10.9. The minimum atomic E-state index is -0.320. The lowest BCUT2D eigenvalue weighted by Crippen LogP contribution is -2.00. The van der Waals surface area contributed by atoms with Gasteiger partial charge in [0.1, 0.15) is 0 Å². The number of ether oxygens (including phenoxy) is 1. The third-order valence-electron chi connectivity index (χ3n) is 4.28. The highest BCUT2D eigenvalue weighted by molar-refractivity contribution is 5.89. The SMILES string of the molecule is CC.CC.COC(=O)c1ccc(/C=C/c2ccc(/C=C/c3ccc(C)cc3)cc2)cc1. The van der Waals surface area contributed by atoms with Gasteiger partial charge in [0.2, 0.25) is 0 Å². The van der Waals surface area contributed by atoms with Crippen molar-refractivity contribution >= 4 is 30.3 Å². The summed E-state index contributed by atoms with van der Waals surface area (Å²) in [4.78, 5) is 11.4. The van der Waals surface area contributed by atoms with E-state index in [4.69, 9.17) is 4.74 Å². The summed E-state index contributed by atoms with van der Waals surface area (Å²) < 4.78 is 4.71. The van der Waals surface area contributed by atoms with E-state index in [-0.39, 0.29) is 5.97 Å². The van der Waals surface area contributed by atoms with Crippen LogP contribution >= 0.6 is 0 Å². The van der Waals surface area contributed by atoms with Gasteiger partial charge < -0.3 is 4.74 Å². The molecule has 0 atom stereocenters. The van der Waals surface area contributed by atoms with E-state index < -0.39 is 0 Å². The summed E-state index contributed by atoms with van der Waals surface area (Å²) in [7, 11) is 1.38. The Hall–Kier alpha value is -3.39. The van der Waals surface area contributed by atoms with Gasteiger partial charge in [-0.1, -0.05) is 118 Å². The molecule has 3 aromatic carbocycles. The molecule has 0 saturated carbocycles. The first-order valence-electron chi connectivity index (χ1n) is 10.9. The van der Waals surface area contributed by atoms with E-state index in [1.54, 1.807) is 12.1 Å². The molecule has 0 heterocycles. The number of aryl methyl sites for hydroxylation is 1. The van der Waals surface area contributed by atoms with E-state index >= 15 is 0 Å². The zero-order valence-electron chi connectivity index (χ0n) is 19.6. The molecule has 2 heteroatoms. The molecule has 3 aromatic rings. The third-order valence-corrected chi connectivity index (χ3v) is 4.28. The van der Waals surface area contributed by atoms with Gasteiger partial charge in [-0.2, -0.15) is 0 Å². The molecule has 0 saturated heterocycles. The van der Waals surface area contributed by atoms with E-state index in [0.29, 0.717) is 5.56 Å². The highest BCUT2D eigenvalue weighted by Gasteiger charge is 2.02. The summed E-state index contributed by atoms with van der Waals surface area (Å²) in [6, 6.07) is 24.2. The molecule has 0 aliphatic carbocycles. The van der Waals surface area contributed by atoms with Crippen molar-refractivity contribution in [2.75, 3.05) is 7.11 Å². The predicted molar refractivity (Wildman–Crippen MR) is 136 cm³/mol. The van der Waals surface area contributed by atoms with E-state index in [2.05, 4.69) is 73.7 Å². The zero-order valence-corrected chi connectivity index (χ0v) is 19.6. The second-order valence-corrected chi connectivity index (χ2v) is 6.36. The quantitative estimate of drug-likeness (QED) is 0.311. The molecule has 3 rings (SSSR count). The molecule has 2 nitrogen and oxygen atoms in total. The van der Waals surface area contributed by atoms with Crippen molar-refractivity contribution in [3.05, 3.63) is 106 Å². The van der Waals surface area contributed by atoms with Crippen LogP contribution in [0.5, 0.6) is 0 Å². The maximum absolute atomic E-state index is 11.4. The van der Waals surface area contributed by atoms with Crippen LogP contribution in [0.1, 0.15) is 65.9 Å². The highest BCUT2D eigenvalue weighted by Crippen LogP contribution is 2.14. The van der Waals surface area contributed by atoms with Crippen molar-refractivity contribution < 1.29 is 9.53 Å². The largest absolute Gasteiger partial charge is 0.465 e. The molecule has 0 aliphatic rings. The van der Waals surface area contributed by atoms with E-state index in [0.717, 1.165) is 16.7 Å². The van der Waals surface area contributed by atoms with Gasteiger partial charge in [-0.25, -0.2) is 4.79 Å². The Morgan fingerprint density at radius 3 is 1.19 bits per heavy atom. The standard InChI is InChI=1S/C25H22O2.2C2H6/c1-19-3-5-20(6-4-19)7-8-21-9-11-22(12-10-21)13-14-23-15-17-24(18-16-23)25(26)27-2;2*1-2/h3-18H,1-2H3;2*1-2H3/b8-7+,14-13+;;. The first-order chi connectivity index (χ1) is 15.1. The zero-order chi connectivity index (χ0) is 23.1. The number of hydrogen-bond acceptors (Lipinski definition) is 2. The topological polar surface area (TPSA) is 26.3 Å². The summed E-state index contributed by atoms with van der Waals surface area (Å²) in [5, 5.41) is 0. The van der Waals surface area contributed by atoms with Crippen LogP contribution in [-0.2, 0) is 4.74 Å². The summed E-state index contributed by atoms with van der Waals surface area (Å²) in [6.45, 7) is 10.1. The van der Waals surface area contributed by atoms with Gasteiger partial charge in [0.15, 0.2) is 0 Å². The predicted octanol–water partition coefficient (Wildman–Crippen LogP) is 8.17. The number of rotatable bonds is 5. The van der Waals surface area contributed by atoms with Crippen molar-refractivity contribution in [1.29, 1.82) is 0 Å². The Morgan fingerprint density at radius 2 is 0.871 bits per heavy atom. The van der Waals surface area contributed by atoms with Crippen molar-refractivity contribution in [1.82, 2.24) is 0 Å². The smallest absolute Gasteiger partial charge is 0.337 e. The minimum absolute atomic E-state index is 0.320. The maximum atomic E-state index is 11.4. The van der Waals surface area contributed by atoms with Gasteiger partial charge in [-0.3, -0.25) is 0 Å². The molecule has 31 heavy (non-hydrogen) atoms. The van der Waals surface area contributed by atoms with Crippen LogP contribution in [0.3, 0.4) is 0 Å². The lowest BCUT2D eigenvalue weighted by molar-refractivity contribution is 0.0600. The molecule has 0 N–H and O–H groups in total.